The molecule has 4 nitrogen and oxygen atoms in total. The van der Waals surface area contributed by atoms with Crippen LogP contribution in [0.4, 0.5) is 0 Å². The van der Waals surface area contributed by atoms with Crippen molar-refractivity contribution < 1.29 is 0 Å². The smallest absolute Gasteiger partial charge is 0.0707 e. The predicted octanol–water partition coefficient (Wildman–Crippen LogP) is 6.19. The Morgan fingerprint density at radius 3 is 2.62 bits per heavy atom. The third kappa shape index (κ3) is 3.06. The predicted molar refractivity (Wildman–Crippen MR) is 122 cm³/mol. The number of halogens is 1. The molecule has 0 N–H and O–H groups in total. The molecule has 29 heavy (non-hydrogen) atoms. The first-order chi connectivity index (χ1) is 14.2. The van der Waals surface area contributed by atoms with Crippen LogP contribution in [0.15, 0.2) is 71.6 Å². The highest BCUT2D eigenvalue weighted by molar-refractivity contribution is 9.10. The molecule has 2 aromatic carbocycles. The van der Waals surface area contributed by atoms with E-state index in [4.69, 9.17) is 0 Å². The van der Waals surface area contributed by atoms with E-state index in [0.29, 0.717) is 0 Å². The van der Waals surface area contributed by atoms with Gasteiger partial charge in [0.1, 0.15) is 0 Å². The Morgan fingerprint density at radius 1 is 1.00 bits per heavy atom. The molecular weight excluding hydrogens is 424 g/mol. The van der Waals surface area contributed by atoms with Gasteiger partial charge in [0.25, 0.3) is 0 Å². The SMILES string of the molecule is CCn1c2c(-c3cnn(Cc4ccccc4)c3)cc(Br)cc2c2ccnc(C)c21. The molecule has 3 heterocycles. The Balaban J connectivity index is 1.72. The highest BCUT2D eigenvalue weighted by Gasteiger charge is 2.18. The van der Waals surface area contributed by atoms with Gasteiger partial charge >= 0.3 is 0 Å². The average molecular weight is 445 g/mol. The summed E-state index contributed by atoms with van der Waals surface area (Å²) in [6.07, 6.45) is 6.00. The van der Waals surface area contributed by atoms with E-state index in [-0.39, 0.29) is 0 Å². The second-order valence-electron chi connectivity index (χ2n) is 7.30. The summed E-state index contributed by atoms with van der Waals surface area (Å²) in [4.78, 5) is 4.54. The number of pyridine rings is 1. The minimum absolute atomic E-state index is 0.762. The number of hydrogen-bond donors (Lipinski definition) is 0. The lowest BCUT2D eigenvalue weighted by Gasteiger charge is -2.09. The maximum atomic E-state index is 4.63. The monoisotopic (exact) mass is 444 g/mol. The van der Waals surface area contributed by atoms with Gasteiger partial charge in [0.15, 0.2) is 0 Å². The van der Waals surface area contributed by atoms with Crippen LogP contribution >= 0.6 is 15.9 Å². The van der Waals surface area contributed by atoms with Gasteiger partial charge in [0.2, 0.25) is 0 Å². The van der Waals surface area contributed by atoms with Gasteiger partial charge in [0.05, 0.1) is 29.5 Å². The van der Waals surface area contributed by atoms with E-state index in [2.05, 4.69) is 93.1 Å². The third-order valence-electron chi connectivity index (χ3n) is 5.46. The zero-order chi connectivity index (χ0) is 20.0. The normalized spacial score (nSPS) is 11.6. The maximum absolute atomic E-state index is 4.63. The zero-order valence-electron chi connectivity index (χ0n) is 16.4. The summed E-state index contributed by atoms with van der Waals surface area (Å²) < 4.78 is 5.45. The van der Waals surface area contributed by atoms with Crippen molar-refractivity contribution in [2.75, 3.05) is 0 Å². The maximum Gasteiger partial charge on any atom is 0.0707 e. The molecule has 0 spiro atoms. The average Bonchev–Trinajstić information content (AvgIpc) is 3.31. The lowest BCUT2D eigenvalue weighted by atomic mass is 10.0. The summed E-state index contributed by atoms with van der Waals surface area (Å²) in [7, 11) is 0. The summed E-state index contributed by atoms with van der Waals surface area (Å²) in [5.74, 6) is 0. The number of benzene rings is 2. The fourth-order valence-electron chi connectivity index (χ4n) is 4.22. The van der Waals surface area contributed by atoms with Gasteiger partial charge in [-0.3, -0.25) is 9.67 Å². The largest absolute Gasteiger partial charge is 0.339 e. The van der Waals surface area contributed by atoms with Gasteiger partial charge in [-0.1, -0.05) is 46.3 Å². The molecule has 0 saturated heterocycles. The molecule has 0 fully saturated rings. The lowest BCUT2D eigenvalue weighted by molar-refractivity contribution is 0.687. The van der Waals surface area contributed by atoms with E-state index < -0.39 is 0 Å². The summed E-state index contributed by atoms with van der Waals surface area (Å²) in [5.41, 5.74) is 7.05. The summed E-state index contributed by atoms with van der Waals surface area (Å²) in [6.45, 7) is 5.92. The van der Waals surface area contributed by atoms with Crippen molar-refractivity contribution in [3.63, 3.8) is 0 Å². The second kappa shape index (κ2) is 7.16. The number of hydrogen-bond acceptors (Lipinski definition) is 2. The third-order valence-corrected chi connectivity index (χ3v) is 5.92. The molecule has 0 aliphatic carbocycles. The van der Waals surface area contributed by atoms with Crippen molar-refractivity contribution >= 4 is 37.7 Å². The van der Waals surface area contributed by atoms with Crippen molar-refractivity contribution in [2.24, 2.45) is 0 Å². The highest BCUT2D eigenvalue weighted by Crippen LogP contribution is 2.38. The van der Waals surface area contributed by atoms with Gasteiger partial charge < -0.3 is 4.57 Å². The van der Waals surface area contributed by atoms with Crippen LogP contribution in [0.2, 0.25) is 0 Å². The molecule has 3 aromatic heterocycles. The molecule has 5 rings (SSSR count). The van der Waals surface area contributed by atoms with E-state index in [9.17, 15) is 0 Å². The van der Waals surface area contributed by atoms with E-state index in [1.165, 1.54) is 32.9 Å². The zero-order valence-corrected chi connectivity index (χ0v) is 18.0. The fraction of sp³-hybridized carbons (Fsp3) is 0.167. The van der Waals surface area contributed by atoms with E-state index in [0.717, 1.165) is 28.8 Å². The van der Waals surface area contributed by atoms with Crippen LogP contribution in [0.5, 0.6) is 0 Å². The van der Waals surface area contributed by atoms with Crippen molar-refractivity contribution in [3.8, 4) is 11.1 Å². The first kappa shape index (κ1) is 18.1. The topological polar surface area (TPSA) is 35.6 Å². The number of aromatic nitrogens is 4. The van der Waals surface area contributed by atoms with Crippen LogP contribution in [-0.4, -0.2) is 19.3 Å². The van der Waals surface area contributed by atoms with Gasteiger partial charge in [-0.25, -0.2) is 0 Å². The summed E-state index contributed by atoms with van der Waals surface area (Å²) in [6, 6.07) is 16.9. The fourth-order valence-corrected chi connectivity index (χ4v) is 4.68. The highest BCUT2D eigenvalue weighted by atomic mass is 79.9. The summed E-state index contributed by atoms with van der Waals surface area (Å²) in [5, 5.41) is 7.12. The summed E-state index contributed by atoms with van der Waals surface area (Å²) >= 11 is 3.72. The van der Waals surface area contributed by atoms with Crippen LogP contribution in [0.25, 0.3) is 32.9 Å². The first-order valence-electron chi connectivity index (χ1n) is 9.79. The molecule has 0 aliphatic heterocycles. The van der Waals surface area contributed by atoms with E-state index in [1.807, 2.05) is 23.1 Å². The van der Waals surface area contributed by atoms with Crippen LogP contribution in [-0.2, 0) is 13.1 Å². The Morgan fingerprint density at radius 2 is 1.83 bits per heavy atom. The number of rotatable bonds is 4. The standard InChI is InChI=1S/C24H21BrN4/c1-3-29-23-16(2)26-10-9-20(23)22-12-19(25)11-21(24(22)29)18-13-27-28(15-18)14-17-7-5-4-6-8-17/h4-13,15H,3,14H2,1-2H3. The lowest BCUT2D eigenvalue weighted by Crippen LogP contribution is -1.99. The Labute approximate surface area is 177 Å². The minimum atomic E-state index is 0.762. The molecule has 5 aromatic rings. The molecule has 0 unspecified atom stereocenters. The number of aryl methyl sites for hydroxylation is 2. The molecule has 144 valence electrons. The van der Waals surface area contributed by atoms with Crippen LogP contribution < -0.4 is 0 Å². The molecular formula is C24H21BrN4. The molecule has 5 heteroatoms. The van der Waals surface area contributed by atoms with E-state index in [1.54, 1.807) is 0 Å². The number of nitrogens with zero attached hydrogens (tertiary/aromatic N) is 4. The molecule has 0 aliphatic rings. The van der Waals surface area contributed by atoms with Crippen molar-refractivity contribution in [2.45, 2.75) is 26.9 Å². The Bertz CT molecular complexity index is 1330. The molecule has 0 radical (unpaired) electrons. The van der Waals surface area contributed by atoms with Crippen LogP contribution in [0.1, 0.15) is 18.2 Å². The number of fused-ring (bicyclic) bond motifs is 3. The van der Waals surface area contributed by atoms with E-state index >= 15 is 0 Å². The minimum Gasteiger partial charge on any atom is -0.339 e. The van der Waals surface area contributed by atoms with Crippen molar-refractivity contribution in [1.29, 1.82) is 0 Å². The Kier molecular flexibility index (Phi) is 4.47. The molecule has 0 saturated carbocycles. The second-order valence-corrected chi connectivity index (χ2v) is 8.21. The quantitative estimate of drug-likeness (QED) is 0.331. The van der Waals surface area contributed by atoms with Crippen LogP contribution in [0.3, 0.4) is 0 Å². The van der Waals surface area contributed by atoms with Crippen molar-refractivity contribution in [1.82, 2.24) is 19.3 Å². The molecule has 0 bridgehead atoms. The van der Waals surface area contributed by atoms with Gasteiger partial charge in [-0.2, -0.15) is 5.10 Å². The van der Waals surface area contributed by atoms with Crippen LogP contribution in [0, 0.1) is 6.92 Å². The van der Waals surface area contributed by atoms with Crippen molar-refractivity contribution in [3.05, 3.63) is 82.9 Å². The van der Waals surface area contributed by atoms with Gasteiger partial charge in [-0.05, 0) is 37.6 Å². The Hall–Kier alpha value is -2.92. The molecule has 0 amide bonds. The first-order valence-corrected chi connectivity index (χ1v) is 10.6. The van der Waals surface area contributed by atoms with Gasteiger partial charge in [-0.15, -0.1) is 0 Å². The van der Waals surface area contributed by atoms with Gasteiger partial charge in [0, 0.05) is 45.3 Å². The molecule has 0 atom stereocenters.